The Morgan fingerprint density at radius 2 is 1.48 bits per heavy atom. The van der Waals surface area contributed by atoms with E-state index in [0.717, 1.165) is 5.39 Å². The molecule has 0 aliphatic heterocycles. The van der Waals surface area contributed by atoms with E-state index >= 15 is 0 Å². The van der Waals surface area contributed by atoms with Crippen molar-refractivity contribution >= 4 is 28.3 Å². The van der Waals surface area contributed by atoms with Gasteiger partial charge in [-0.15, -0.1) is 0 Å². The van der Waals surface area contributed by atoms with Crippen molar-refractivity contribution in [2.24, 2.45) is 0 Å². The first-order valence-corrected chi connectivity index (χ1v) is 7.76. The number of allylic oxidation sites excluding steroid dienone is 2. The fourth-order valence-corrected chi connectivity index (χ4v) is 2.35. The summed E-state index contributed by atoms with van der Waals surface area (Å²) in [5.74, 6) is -0.193. The van der Waals surface area contributed by atoms with Gasteiger partial charge >= 0.3 is 0 Å². The van der Waals surface area contributed by atoms with Gasteiger partial charge in [0.2, 0.25) is 0 Å². The van der Waals surface area contributed by atoms with Crippen LogP contribution in [-0.2, 0) is 0 Å². The molecular formula is C20H11N5O2. The van der Waals surface area contributed by atoms with Crippen LogP contribution in [0, 0.1) is 34.0 Å². The average Bonchev–Trinajstić information content (AvgIpc) is 3.14. The molecule has 3 rings (SSSR count). The number of nitrogens with zero attached hydrogens (tertiary/aromatic N) is 3. The number of furan rings is 1. The lowest BCUT2D eigenvalue weighted by molar-refractivity contribution is 0.0998. The summed E-state index contributed by atoms with van der Waals surface area (Å²) in [6, 6.07) is 20.5. The highest BCUT2D eigenvalue weighted by Crippen LogP contribution is 2.21. The van der Waals surface area contributed by atoms with Gasteiger partial charge in [-0.1, -0.05) is 18.2 Å². The molecule has 3 aromatic rings. The van der Waals surface area contributed by atoms with Crippen molar-refractivity contribution in [2.45, 2.75) is 0 Å². The first kappa shape index (κ1) is 17.3. The third-order valence-corrected chi connectivity index (χ3v) is 3.65. The van der Waals surface area contributed by atoms with Gasteiger partial charge in [0.05, 0.1) is 0 Å². The van der Waals surface area contributed by atoms with E-state index < -0.39 is 0 Å². The van der Waals surface area contributed by atoms with E-state index in [-0.39, 0.29) is 22.9 Å². The Morgan fingerprint density at radius 3 is 2.07 bits per heavy atom. The molecule has 0 fully saturated rings. The Hall–Kier alpha value is -4.54. The fraction of sp³-hybridized carbons (Fsp3) is 0. The first-order chi connectivity index (χ1) is 13.1. The molecule has 0 aliphatic carbocycles. The minimum Gasteiger partial charge on any atom is -0.451 e. The molecule has 2 N–H and O–H groups in total. The maximum absolute atomic E-state index is 12.3. The smallest absolute Gasteiger partial charge is 0.291 e. The molecule has 7 nitrogen and oxygen atoms in total. The number of fused-ring (bicyclic) bond motifs is 1. The summed E-state index contributed by atoms with van der Waals surface area (Å²) >= 11 is 0. The lowest BCUT2D eigenvalue weighted by Gasteiger charge is -2.07. The van der Waals surface area contributed by atoms with Crippen LogP contribution in [0.5, 0.6) is 0 Å². The highest BCUT2D eigenvalue weighted by atomic mass is 16.3. The number of rotatable bonds is 4. The zero-order chi connectivity index (χ0) is 19.2. The third-order valence-electron chi connectivity index (χ3n) is 3.65. The maximum Gasteiger partial charge on any atom is 0.291 e. The second-order valence-electron chi connectivity index (χ2n) is 5.39. The normalized spacial score (nSPS) is 9.52. The Morgan fingerprint density at radius 1 is 0.852 bits per heavy atom. The molecule has 0 atom stereocenters. The number of nitrogens with one attached hydrogen (secondary N) is 2. The van der Waals surface area contributed by atoms with E-state index in [2.05, 4.69) is 10.6 Å². The Bertz CT molecular complexity index is 1120. The van der Waals surface area contributed by atoms with Gasteiger partial charge in [-0.2, -0.15) is 15.8 Å². The summed E-state index contributed by atoms with van der Waals surface area (Å²) in [5.41, 5.74) is 1.20. The minimum absolute atomic E-state index is 0.140. The number of nitriles is 3. The number of hydrogen-bond donors (Lipinski definition) is 2. The fourth-order valence-electron chi connectivity index (χ4n) is 2.35. The van der Waals surface area contributed by atoms with Crippen LogP contribution in [0.3, 0.4) is 0 Å². The van der Waals surface area contributed by atoms with E-state index in [1.165, 1.54) is 0 Å². The van der Waals surface area contributed by atoms with Crippen LogP contribution in [0.1, 0.15) is 10.6 Å². The van der Waals surface area contributed by atoms with Gasteiger partial charge in [0, 0.05) is 16.8 Å². The number of anilines is 2. The SMILES string of the molecule is N#CC(C#N)=C(C#N)Nc1ccc(NC(=O)c2cc3ccccc3o2)cc1. The molecule has 0 unspecified atom stereocenters. The lowest BCUT2D eigenvalue weighted by Crippen LogP contribution is -2.10. The third kappa shape index (κ3) is 3.76. The molecule has 27 heavy (non-hydrogen) atoms. The van der Waals surface area contributed by atoms with Crippen molar-refractivity contribution < 1.29 is 9.21 Å². The summed E-state index contributed by atoms with van der Waals surface area (Å²) in [4.78, 5) is 12.3. The molecule has 2 aromatic carbocycles. The van der Waals surface area contributed by atoms with Crippen LogP contribution in [0.15, 0.2) is 70.3 Å². The second kappa shape index (κ2) is 7.57. The lowest BCUT2D eigenvalue weighted by atomic mass is 10.2. The van der Waals surface area contributed by atoms with Gasteiger partial charge in [-0.3, -0.25) is 4.79 Å². The van der Waals surface area contributed by atoms with E-state index in [4.69, 9.17) is 20.2 Å². The monoisotopic (exact) mass is 353 g/mol. The summed E-state index contributed by atoms with van der Waals surface area (Å²) in [7, 11) is 0. The van der Waals surface area contributed by atoms with E-state index in [0.29, 0.717) is 17.0 Å². The number of hydrogen-bond acceptors (Lipinski definition) is 6. The zero-order valence-corrected chi connectivity index (χ0v) is 13.9. The number of benzene rings is 2. The van der Waals surface area contributed by atoms with E-state index in [1.807, 2.05) is 18.2 Å². The van der Waals surface area contributed by atoms with Crippen molar-refractivity contribution in [1.29, 1.82) is 15.8 Å². The number of para-hydroxylation sites is 1. The summed E-state index contributed by atoms with van der Waals surface area (Å²) in [6.45, 7) is 0. The van der Waals surface area contributed by atoms with Crippen molar-refractivity contribution in [3.63, 3.8) is 0 Å². The number of amides is 1. The van der Waals surface area contributed by atoms with Gasteiger partial charge in [0.15, 0.2) is 11.3 Å². The topological polar surface area (TPSA) is 126 Å². The quantitative estimate of drug-likeness (QED) is 0.685. The predicted molar refractivity (Wildman–Crippen MR) is 98.1 cm³/mol. The van der Waals surface area contributed by atoms with Gasteiger partial charge in [0.1, 0.15) is 29.5 Å². The first-order valence-electron chi connectivity index (χ1n) is 7.76. The molecule has 0 saturated carbocycles. The minimum atomic E-state index is -0.388. The molecular weight excluding hydrogens is 342 g/mol. The van der Waals surface area contributed by atoms with Crippen molar-refractivity contribution in [2.75, 3.05) is 10.6 Å². The van der Waals surface area contributed by atoms with Crippen LogP contribution in [0.2, 0.25) is 0 Å². The second-order valence-corrected chi connectivity index (χ2v) is 5.39. The van der Waals surface area contributed by atoms with Crippen LogP contribution in [-0.4, -0.2) is 5.91 Å². The van der Waals surface area contributed by atoms with Crippen LogP contribution in [0.25, 0.3) is 11.0 Å². The Balaban J connectivity index is 1.73. The standard InChI is InChI=1S/C20H11N5O2/c21-10-14(11-22)17(12-23)24-15-5-7-16(8-6-15)25-20(26)19-9-13-3-1-2-4-18(13)27-19/h1-9,24H,(H,25,26). The maximum atomic E-state index is 12.3. The summed E-state index contributed by atoms with van der Waals surface area (Å²) in [5, 5.41) is 33.0. The molecule has 1 amide bonds. The molecule has 1 aromatic heterocycles. The predicted octanol–water partition coefficient (Wildman–Crippen LogP) is 3.92. The summed E-state index contributed by atoms with van der Waals surface area (Å²) < 4.78 is 5.52. The van der Waals surface area contributed by atoms with E-state index in [1.54, 1.807) is 54.6 Å². The average molecular weight is 353 g/mol. The molecule has 128 valence electrons. The highest BCUT2D eigenvalue weighted by molar-refractivity contribution is 6.04. The molecule has 7 heteroatoms. The summed E-state index contributed by atoms with van der Waals surface area (Å²) in [6.07, 6.45) is 0. The largest absolute Gasteiger partial charge is 0.451 e. The van der Waals surface area contributed by atoms with Crippen LogP contribution >= 0.6 is 0 Å². The highest BCUT2D eigenvalue weighted by Gasteiger charge is 2.12. The molecule has 0 aliphatic rings. The van der Waals surface area contributed by atoms with Gasteiger partial charge < -0.3 is 15.1 Å². The molecule has 0 bridgehead atoms. The number of carbonyl (C=O) groups excluding carboxylic acids is 1. The van der Waals surface area contributed by atoms with Crippen molar-refractivity contribution in [3.05, 3.63) is 71.6 Å². The van der Waals surface area contributed by atoms with Gasteiger partial charge in [-0.05, 0) is 36.4 Å². The number of carbonyl (C=O) groups is 1. The van der Waals surface area contributed by atoms with Crippen LogP contribution in [0.4, 0.5) is 11.4 Å². The van der Waals surface area contributed by atoms with Crippen LogP contribution < -0.4 is 10.6 Å². The van der Waals surface area contributed by atoms with Gasteiger partial charge in [0.25, 0.3) is 5.91 Å². The Labute approximate surface area is 154 Å². The zero-order valence-electron chi connectivity index (χ0n) is 13.9. The van der Waals surface area contributed by atoms with E-state index in [9.17, 15) is 4.79 Å². The Kier molecular flexibility index (Phi) is 4.84. The molecule has 0 saturated heterocycles. The molecule has 1 heterocycles. The molecule has 0 radical (unpaired) electrons. The van der Waals surface area contributed by atoms with Crippen molar-refractivity contribution in [3.8, 4) is 18.2 Å². The van der Waals surface area contributed by atoms with Gasteiger partial charge in [-0.25, -0.2) is 0 Å². The molecule has 0 spiro atoms. The van der Waals surface area contributed by atoms with Crippen molar-refractivity contribution in [1.82, 2.24) is 0 Å².